The van der Waals surface area contributed by atoms with Gasteiger partial charge in [-0.1, -0.05) is 49.0 Å². The van der Waals surface area contributed by atoms with E-state index in [-0.39, 0.29) is 17.2 Å². The Morgan fingerprint density at radius 1 is 1.21 bits per heavy atom. The molecule has 0 bridgehead atoms. The highest BCUT2D eigenvalue weighted by Gasteiger charge is 2.25. The van der Waals surface area contributed by atoms with Crippen molar-refractivity contribution in [3.63, 3.8) is 0 Å². The molecule has 7 nitrogen and oxygen atoms in total. The summed E-state index contributed by atoms with van der Waals surface area (Å²) in [7, 11) is 0. The summed E-state index contributed by atoms with van der Waals surface area (Å²) in [5.41, 5.74) is 1.56. The molecule has 0 radical (unpaired) electrons. The fourth-order valence-electron chi connectivity index (χ4n) is 4.07. The van der Waals surface area contributed by atoms with E-state index >= 15 is 0 Å². The minimum atomic E-state index is -0.134. The van der Waals surface area contributed by atoms with Crippen molar-refractivity contribution >= 4 is 51.8 Å². The van der Waals surface area contributed by atoms with Gasteiger partial charge in [0.1, 0.15) is 0 Å². The van der Waals surface area contributed by atoms with E-state index in [2.05, 4.69) is 29.8 Å². The van der Waals surface area contributed by atoms with Crippen LogP contribution in [0.15, 0.2) is 76.0 Å². The first kappa shape index (κ1) is 21.8. The largest absolute Gasteiger partial charge is 0.311 e. The van der Waals surface area contributed by atoms with E-state index in [1.807, 2.05) is 57.5 Å². The number of benzene rings is 2. The predicted molar refractivity (Wildman–Crippen MR) is 134 cm³/mol. The average Bonchev–Trinajstić information content (AvgIpc) is 3.17. The molecule has 2 aromatic carbocycles. The summed E-state index contributed by atoms with van der Waals surface area (Å²) in [5.74, 6) is 0.699. The molecule has 0 saturated carbocycles. The summed E-state index contributed by atoms with van der Waals surface area (Å²) in [4.78, 5) is 29.3. The van der Waals surface area contributed by atoms with Crippen molar-refractivity contribution in [2.75, 3.05) is 17.2 Å². The Kier molecular flexibility index (Phi) is 5.99. The second kappa shape index (κ2) is 9.07. The normalized spacial score (nSPS) is 16.0. The van der Waals surface area contributed by atoms with E-state index in [1.165, 1.54) is 11.8 Å². The van der Waals surface area contributed by atoms with E-state index in [4.69, 9.17) is 0 Å². The first-order valence-corrected chi connectivity index (χ1v) is 12.6. The molecule has 0 N–H and O–H groups in total. The van der Waals surface area contributed by atoms with Gasteiger partial charge in [0.05, 0.1) is 22.3 Å². The van der Waals surface area contributed by atoms with Gasteiger partial charge in [0.15, 0.2) is 5.16 Å². The van der Waals surface area contributed by atoms with Crippen LogP contribution in [-0.4, -0.2) is 42.6 Å². The quantitative estimate of drug-likeness (QED) is 0.316. The lowest BCUT2D eigenvalue weighted by molar-refractivity contribution is -0.116. The van der Waals surface area contributed by atoms with Crippen LogP contribution >= 0.6 is 23.5 Å². The van der Waals surface area contributed by atoms with Gasteiger partial charge in [0.2, 0.25) is 11.7 Å². The lowest BCUT2D eigenvalue weighted by atomic mass is 10.2. The molecule has 4 aromatic rings. The summed E-state index contributed by atoms with van der Waals surface area (Å²) < 4.78 is 3.41. The first-order chi connectivity index (χ1) is 16.1. The lowest BCUT2D eigenvalue weighted by Crippen LogP contribution is -2.33. The number of rotatable bonds is 5. The molecule has 2 aromatic heterocycles. The molecule has 1 aliphatic heterocycles. The van der Waals surface area contributed by atoms with Crippen LogP contribution in [0.1, 0.15) is 13.3 Å². The first-order valence-electron chi connectivity index (χ1n) is 10.7. The van der Waals surface area contributed by atoms with Gasteiger partial charge in [-0.15, -0.1) is 28.5 Å². The molecule has 33 heavy (non-hydrogen) atoms. The van der Waals surface area contributed by atoms with Crippen molar-refractivity contribution in [1.29, 1.82) is 0 Å². The lowest BCUT2D eigenvalue weighted by Gasteiger charge is -2.22. The summed E-state index contributed by atoms with van der Waals surface area (Å²) in [6, 6.07) is 15.5. The highest BCUT2D eigenvalue weighted by atomic mass is 32.2. The fraction of sp³-hybridized carbons (Fsp3) is 0.250. The zero-order chi connectivity index (χ0) is 22.9. The zero-order valence-electron chi connectivity index (χ0n) is 18.2. The molecule has 0 fully saturated rings. The van der Waals surface area contributed by atoms with Crippen LogP contribution in [0.5, 0.6) is 0 Å². The molecule has 3 heterocycles. The Hall–Kier alpha value is -3.04. The second-order valence-electron chi connectivity index (χ2n) is 7.86. The molecule has 1 atom stereocenters. The van der Waals surface area contributed by atoms with Crippen LogP contribution < -0.4 is 10.5 Å². The van der Waals surface area contributed by atoms with Crippen LogP contribution in [0.25, 0.3) is 16.7 Å². The molecule has 0 spiro atoms. The second-order valence-corrected chi connectivity index (χ2v) is 10.3. The Balaban J connectivity index is 1.49. The van der Waals surface area contributed by atoms with Crippen molar-refractivity contribution in [2.24, 2.45) is 0 Å². The van der Waals surface area contributed by atoms with Gasteiger partial charge in [-0.2, -0.15) is 0 Å². The third-order valence-electron chi connectivity index (χ3n) is 5.66. The van der Waals surface area contributed by atoms with Crippen molar-refractivity contribution in [1.82, 2.24) is 19.2 Å². The number of thioether (sulfide) groups is 2. The number of hydrogen-bond donors (Lipinski definition) is 0. The average molecular weight is 478 g/mol. The summed E-state index contributed by atoms with van der Waals surface area (Å²) in [6.07, 6.45) is 2.60. The standard InChI is InChI=1S/C24H23N5O2S2/c1-3-13-28-22(31)17-8-4-5-9-18(17)29-23(28)25-26-24(29)32-15-21(30)27-14-12-16(2)33-20-11-7-6-10-19(20)27/h3-11,16H,1,12-15H2,2H3. The number of allylic oxidation sites excluding steroid dienone is 1. The minimum absolute atomic E-state index is 0.0302. The van der Waals surface area contributed by atoms with Gasteiger partial charge in [0.25, 0.3) is 5.56 Å². The molecule has 0 aliphatic carbocycles. The topological polar surface area (TPSA) is 72.5 Å². The maximum atomic E-state index is 13.3. The molecular formula is C24H23N5O2S2. The number of aromatic nitrogens is 4. The van der Waals surface area contributed by atoms with Gasteiger partial charge >= 0.3 is 0 Å². The number of hydrogen-bond acceptors (Lipinski definition) is 6. The zero-order valence-corrected chi connectivity index (χ0v) is 19.8. The Labute approximate surface area is 199 Å². The van der Waals surface area contributed by atoms with Gasteiger partial charge in [-0.3, -0.25) is 18.6 Å². The highest BCUT2D eigenvalue weighted by Crippen LogP contribution is 2.37. The maximum absolute atomic E-state index is 13.3. The predicted octanol–water partition coefficient (Wildman–Crippen LogP) is 4.24. The number of carbonyl (C=O) groups excluding carboxylic acids is 1. The number of nitrogens with zero attached hydrogens (tertiary/aromatic N) is 5. The number of anilines is 1. The smallest absolute Gasteiger partial charge is 0.263 e. The van der Waals surface area contributed by atoms with E-state index in [1.54, 1.807) is 16.7 Å². The van der Waals surface area contributed by atoms with E-state index in [0.717, 1.165) is 22.5 Å². The molecular weight excluding hydrogens is 454 g/mol. The van der Waals surface area contributed by atoms with Gasteiger partial charge in [0, 0.05) is 23.2 Å². The van der Waals surface area contributed by atoms with E-state index in [0.29, 0.717) is 34.7 Å². The summed E-state index contributed by atoms with van der Waals surface area (Å²) >= 11 is 3.15. The number of fused-ring (bicyclic) bond motifs is 4. The molecule has 1 aliphatic rings. The third kappa shape index (κ3) is 3.95. The van der Waals surface area contributed by atoms with Crippen LogP contribution in [0.4, 0.5) is 5.69 Å². The summed E-state index contributed by atoms with van der Waals surface area (Å²) in [6.45, 7) is 6.97. The SMILES string of the molecule is C=CCn1c(=O)c2ccccc2n2c(SCC(=O)N3CCC(C)Sc4ccccc43)nnc12. The van der Waals surface area contributed by atoms with Crippen molar-refractivity contribution < 1.29 is 4.79 Å². The molecule has 1 unspecified atom stereocenters. The Morgan fingerprint density at radius 3 is 2.85 bits per heavy atom. The number of carbonyl (C=O) groups is 1. The van der Waals surface area contributed by atoms with Crippen LogP contribution in [0, 0.1) is 0 Å². The van der Waals surface area contributed by atoms with Crippen molar-refractivity contribution in [3.05, 3.63) is 71.5 Å². The van der Waals surface area contributed by atoms with Crippen LogP contribution in [0.2, 0.25) is 0 Å². The summed E-state index contributed by atoms with van der Waals surface area (Å²) in [5, 5.41) is 10.2. The number of amides is 1. The fourth-order valence-corrected chi connectivity index (χ4v) is 6.00. The number of para-hydroxylation sites is 2. The van der Waals surface area contributed by atoms with Crippen LogP contribution in [-0.2, 0) is 11.3 Å². The van der Waals surface area contributed by atoms with E-state index in [9.17, 15) is 9.59 Å². The van der Waals surface area contributed by atoms with Gasteiger partial charge in [-0.05, 0) is 30.7 Å². The maximum Gasteiger partial charge on any atom is 0.263 e. The van der Waals surface area contributed by atoms with Gasteiger partial charge in [-0.25, -0.2) is 0 Å². The molecule has 168 valence electrons. The van der Waals surface area contributed by atoms with Crippen LogP contribution in [0.3, 0.4) is 0 Å². The monoisotopic (exact) mass is 477 g/mol. The Bertz CT molecular complexity index is 1430. The van der Waals surface area contributed by atoms with E-state index < -0.39 is 0 Å². The van der Waals surface area contributed by atoms with Crippen molar-refractivity contribution in [3.8, 4) is 0 Å². The molecule has 5 rings (SSSR count). The molecule has 1 amide bonds. The third-order valence-corrected chi connectivity index (χ3v) is 7.81. The Morgan fingerprint density at radius 2 is 2.00 bits per heavy atom. The van der Waals surface area contributed by atoms with Crippen molar-refractivity contribution in [2.45, 2.75) is 35.2 Å². The highest BCUT2D eigenvalue weighted by molar-refractivity contribution is 8.00. The molecule has 0 saturated heterocycles. The molecule has 9 heteroatoms. The minimum Gasteiger partial charge on any atom is -0.311 e. The van der Waals surface area contributed by atoms with Gasteiger partial charge < -0.3 is 4.90 Å².